The summed E-state index contributed by atoms with van der Waals surface area (Å²) < 4.78 is 16.1. The number of amides is 1. The number of ketones is 2. The Morgan fingerprint density at radius 1 is 0.680 bits per heavy atom. The second-order valence-corrected chi connectivity index (χ2v) is 12.0. The van der Waals surface area contributed by atoms with Crippen LogP contribution < -0.4 is 19.5 Å². The number of hydrogen-bond donors (Lipinski definition) is 6. The van der Waals surface area contributed by atoms with Gasteiger partial charge in [-0.05, 0) is 80.8 Å². The molecule has 0 radical (unpaired) electrons. The van der Waals surface area contributed by atoms with E-state index in [1.54, 1.807) is 32.0 Å². The number of fused-ring (bicyclic) bond motifs is 1. The van der Waals surface area contributed by atoms with Gasteiger partial charge in [-0.25, -0.2) is 0 Å². The van der Waals surface area contributed by atoms with Crippen LogP contribution in [0.15, 0.2) is 42.5 Å². The first-order valence-electron chi connectivity index (χ1n) is 15.6. The largest absolute Gasteiger partial charge is 0.507 e. The van der Waals surface area contributed by atoms with Crippen LogP contribution in [0.1, 0.15) is 78.4 Å². The zero-order valence-corrected chi connectivity index (χ0v) is 28.7. The Bertz CT molecular complexity index is 2170. The number of ether oxygens (including phenoxy) is 3. The molecule has 12 heteroatoms. The first-order chi connectivity index (χ1) is 23.7. The molecular weight excluding hydrogens is 644 g/mol. The number of methoxy groups -OCH3 is 3. The van der Waals surface area contributed by atoms with E-state index in [-0.39, 0.29) is 75.2 Å². The highest BCUT2D eigenvalue weighted by Crippen LogP contribution is 2.42. The molecule has 0 spiro atoms. The summed E-state index contributed by atoms with van der Waals surface area (Å²) in [5.74, 6) is -1.42. The SMILES string of the molecule is COc1cc(C(=O)Nc2ccc3c(Cc4c(O)c(C)cc(C(C)=O)c4O)c(Cc4c(O)c(C)cc(C(C)=O)c4O)[nH]c3c2)cc(OC)c1OC. The van der Waals surface area contributed by atoms with Crippen molar-refractivity contribution in [3.8, 4) is 40.2 Å². The van der Waals surface area contributed by atoms with Crippen LogP contribution in [0, 0.1) is 13.8 Å². The number of aryl methyl sites for hydroxylation is 2. The van der Waals surface area contributed by atoms with Crippen molar-refractivity contribution >= 4 is 34.1 Å². The van der Waals surface area contributed by atoms with Crippen LogP contribution in [-0.2, 0) is 12.8 Å². The summed E-state index contributed by atoms with van der Waals surface area (Å²) >= 11 is 0. The molecule has 5 aromatic rings. The van der Waals surface area contributed by atoms with Crippen molar-refractivity contribution < 1.29 is 49.0 Å². The third-order valence-corrected chi connectivity index (χ3v) is 8.77. The summed E-state index contributed by atoms with van der Waals surface area (Å²) in [6.07, 6.45) is -0.136. The Balaban J connectivity index is 1.64. The highest BCUT2D eigenvalue weighted by atomic mass is 16.5. The Hall–Kier alpha value is -6.17. The van der Waals surface area contributed by atoms with Crippen LogP contribution in [0.4, 0.5) is 5.69 Å². The molecule has 0 unspecified atom stereocenters. The summed E-state index contributed by atoms with van der Waals surface area (Å²) in [5, 5.41) is 47.7. The van der Waals surface area contributed by atoms with Gasteiger partial charge < -0.3 is 44.9 Å². The number of aromatic amines is 1. The molecule has 0 aliphatic rings. The fourth-order valence-corrected chi connectivity index (χ4v) is 6.11. The summed E-state index contributed by atoms with van der Waals surface area (Å²) in [6, 6.07) is 11.0. The molecule has 0 bridgehead atoms. The average Bonchev–Trinajstić information content (AvgIpc) is 3.42. The molecule has 5 rings (SSSR count). The Labute approximate surface area is 287 Å². The van der Waals surface area contributed by atoms with Crippen molar-refractivity contribution in [3.05, 3.63) is 92.7 Å². The molecule has 0 aliphatic carbocycles. The molecular formula is C38H38N2O10. The zero-order valence-electron chi connectivity index (χ0n) is 28.7. The first kappa shape index (κ1) is 35.1. The molecule has 0 saturated heterocycles. The highest BCUT2D eigenvalue weighted by molar-refractivity contribution is 6.06. The smallest absolute Gasteiger partial charge is 0.255 e. The second kappa shape index (κ2) is 13.7. The minimum atomic E-state index is -0.464. The number of hydrogen-bond acceptors (Lipinski definition) is 10. The Morgan fingerprint density at radius 2 is 1.20 bits per heavy atom. The van der Waals surface area contributed by atoms with E-state index in [0.717, 1.165) is 0 Å². The van der Waals surface area contributed by atoms with Crippen molar-refractivity contribution in [3.63, 3.8) is 0 Å². The van der Waals surface area contributed by atoms with Gasteiger partial charge >= 0.3 is 0 Å². The molecule has 1 aromatic heterocycles. The molecule has 0 saturated carbocycles. The number of anilines is 1. The van der Waals surface area contributed by atoms with E-state index < -0.39 is 5.91 Å². The maximum Gasteiger partial charge on any atom is 0.255 e. The maximum atomic E-state index is 13.4. The van der Waals surface area contributed by atoms with Crippen molar-refractivity contribution in [2.75, 3.05) is 26.6 Å². The number of phenolic OH excluding ortho intramolecular Hbond substituents is 4. The molecule has 0 atom stereocenters. The average molecular weight is 683 g/mol. The van der Waals surface area contributed by atoms with E-state index in [0.29, 0.717) is 56.2 Å². The van der Waals surface area contributed by atoms with Gasteiger partial charge in [-0.3, -0.25) is 14.4 Å². The molecule has 6 N–H and O–H groups in total. The van der Waals surface area contributed by atoms with Gasteiger partial charge in [0.25, 0.3) is 5.91 Å². The summed E-state index contributed by atoms with van der Waals surface area (Å²) in [6.45, 7) is 5.87. The van der Waals surface area contributed by atoms with E-state index in [1.165, 1.54) is 59.4 Å². The lowest BCUT2D eigenvalue weighted by Gasteiger charge is -2.16. The number of carbonyl (C=O) groups excluding carboxylic acids is 3. The Kier molecular flexibility index (Phi) is 9.66. The molecule has 1 amide bonds. The lowest BCUT2D eigenvalue weighted by molar-refractivity contribution is 0.100. The van der Waals surface area contributed by atoms with Crippen LogP contribution in [0.3, 0.4) is 0 Å². The van der Waals surface area contributed by atoms with Gasteiger partial charge in [0.15, 0.2) is 23.1 Å². The van der Waals surface area contributed by atoms with E-state index in [4.69, 9.17) is 14.2 Å². The van der Waals surface area contributed by atoms with Crippen molar-refractivity contribution in [2.45, 2.75) is 40.5 Å². The maximum absolute atomic E-state index is 13.4. The van der Waals surface area contributed by atoms with Crippen LogP contribution in [0.2, 0.25) is 0 Å². The number of Topliss-reactive ketones (excluding diaryl/α,β-unsaturated/α-hetero) is 2. The molecule has 1 heterocycles. The summed E-state index contributed by atoms with van der Waals surface area (Å²) in [5.41, 5.74) is 3.31. The third-order valence-electron chi connectivity index (χ3n) is 8.77. The highest BCUT2D eigenvalue weighted by Gasteiger charge is 2.25. The van der Waals surface area contributed by atoms with Gasteiger partial charge in [-0.1, -0.05) is 6.07 Å². The first-order valence-corrected chi connectivity index (χ1v) is 15.6. The van der Waals surface area contributed by atoms with Crippen LogP contribution in [-0.4, -0.2) is 64.2 Å². The monoisotopic (exact) mass is 682 g/mol. The van der Waals surface area contributed by atoms with Gasteiger partial charge in [-0.15, -0.1) is 0 Å². The zero-order chi connectivity index (χ0) is 36.6. The molecule has 0 aliphatic heterocycles. The van der Waals surface area contributed by atoms with Crippen LogP contribution >= 0.6 is 0 Å². The van der Waals surface area contributed by atoms with E-state index in [1.807, 2.05) is 0 Å². The summed E-state index contributed by atoms with van der Waals surface area (Å²) in [4.78, 5) is 41.4. The van der Waals surface area contributed by atoms with Crippen LogP contribution in [0.5, 0.6) is 40.2 Å². The van der Waals surface area contributed by atoms with Crippen molar-refractivity contribution in [1.29, 1.82) is 0 Å². The lowest BCUT2D eigenvalue weighted by atomic mass is 9.92. The van der Waals surface area contributed by atoms with E-state index in [9.17, 15) is 34.8 Å². The van der Waals surface area contributed by atoms with Crippen molar-refractivity contribution in [1.82, 2.24) is 4.98 Å². The number of carbonyl (C=O) groups is 3. The number of H-pyrrole nitrogens is 1. The molecule has 260 valence electrons. The molecule has 50 heavy (non-hydrogen) atoms. The van der Waals surface area contributed by atoms with Gasteiger partial charge in [0.05, 0.1) is 32.5 Å². The fraction of sp³-hybridized carbons (Fsp3) is 0.237. The quantitative estimate of drug-likeness (QED) is 0.0843. The Morgan fingerprint density at radius 3 is 1.68 bits per heavy atom. The lowest BCUT2D eigenvalue weighted by Crippen LogP contribution is -2.12. The molecule has 0 fully saturated rings. The topological polar surface area (TPSA) is 188 Å². The summed E-state index contributed by atoms with van der Waals surface area (Å²) in [7, 11) is 4.35. The molecule has 12 nitrogen and oxygen atoms in total. The predicted molar refractivity (Wildman–Crippen MR) is 187 cm³/mol. The number of aromatic hydroxyl groups is 4. The van der Waals surface area contributed by atoms with Gasteiger partial charge in [0.2, 0.25) is 5.75 Å². The van der Waals surface area contributed by atoms with Gasteiger partial charge in [0, 0.05) is 51.8 Å². The number of rotatable bonds is 11. The minimum absolute atomic E-state index is 0.0461. The standard InChI is InChI=1S/C38H38N2O10/c1-17-10-24(19(3)41)35(45)27(33(17)43)15-26-23-9-8-22(39-38(47)21-12-31(48-5)37(50-7)32(13-21)49-6)14-29(23)40-30(26)16-28-34(44)18(2)11-25(20(4)42)36(28)46/h8-14,40,43-46H,15-16H2,1-7H3,(H,39,47). The predicted octanol–water partition coefficient (Wildman–Crippen LogP) is 6.47. The number of nitrogens with one attached hydrogen (secondary N) is 2. The third kappa shape index (κ3) is 6.35. The number of benzene rings is 4. The normalized spacial score (nSPS) is 11.0. The van der Waals surface area contributed by atoms with Gasteiger partial charge in [-0.2, -0.15) is 0 Å². The van der Waals surface area contributed by atoms with E-state index in [2.05, 4.69) is 10.3 Å². The number of aromatic nitrogens is 1. The minimum Gasteiger partial charge on any atom is -0.507 e. The van der Waals surface area contributed by atoms with Gasteiger partial charge in [0.1, 0.15) is 23.0 Å². The fourth-order valence-electron chi connectivity index (χ4n) is 6.11. The number of phenols is 4. The van der Waals surface area contributed by atoms with Crippen molar-refractivity contribution in [2.24, 2.45) is 0 Å². The van der Waals surface area contributed by atoms with Crippen LogP contribution in [0.25, 0.3) is 10.9 Å². The second-order valence-electron chi connectivity index (χ2n) is 12.0. The van der Waals surface area contributed by atoms with E-state index >= 15 is 0 Å². The molecule has 4 aromatic carbocycles.